The molecular weight excluding hydrogens is 464 g/mol. The summed E-state index contributed by atoms with van der Waals surface area (Å²) in [5, 5.41) is 0. The van der Waals surface area contributed by atoms with Gasteiger partial charge in [-0.05, 0) is 97.0 Å². The Kier molecular flexibility index (Phi) is 6.31. The smallest absolute Gasteiger partial charge is 0.306 e. The zero-order valence-electron chi connectivity index (χ0n) is 21.8. The van der Waals surface area contributed by atoms with Crippen LogP contribution in [0.4, 0.5) is 0 Å². The molecule has 5 nitrogen and oxygen atoms in total. The van der Waals surface area contributed by atoms with Gasteiger partial charge in [0.15, 0.2) is 0 Å². The zero-order valence-corrected chi connectivity index (χ0v) is 21.8. The van der Waals surface area contributed by atoms with Crippen molar-refractivity contribution in [1.82, 2.24) is 0 Å². The third-order valence-electron chi connectivity index (χ3n) is 7.96. The van der Waals surface area contributed by atoms with Gasteiger partial charge in [-0.2, -0.15) is 0 Å². The van der Waals surface area contributed by atoms with Crippen molar-refractivity contribution < 1.29 is 23.7 Å². The van der Waals surface area contributed by atoms with E-state index < -0.39 is 0 Å². The Balaban J connectivity index is 1.22. The number of fused-ring (bicyclic) bond motifs is 2. The first-order valence-electron chi connectivity index (χ1n) is 13.4. The van der Waals surface area contributed by atoms with Crippen LogP contribution in [-0.2, 0) is 16.0 Å². The van der Waals surface area contributed by atoms with Crippen molar-refractivity contribution in [2.75, 3.05) is 20.3 Å². The van der Waals surface area contributed by atoms with Gasteiger partial charge in [-0.3, -0.25) is 4.79 Å². The van der Waals surface area contributed by atoms with Crippen LogP contribution in [0.15, 0.2) is 48.5 Å². The van der Waals surface area contributed by atoms with Crippen LogP contribution in [0.5, 0.6) is 17.2 Å². The number of carbonyl (C=O) groups is 1. The predicted molar refractivity (Wildman–Crippen MR) is 143 cm³/mol. The Morgan fingerprint density at radius 1 is 0.973 bits per heavy atom. The molecule has 3 aromatic carbocycles. The summed E-state index contributed by atoms with van der Waals surface area (Å²) in [6, 6.07) is 16.9. The van der Waals surface area contributed by atoms with Gasteiger partial charge >= 0.3 is 5.97 Å². The lowest BCUT2D eigenvalue weighted by atomic mass is 9.90. The number of aryl methyl sites for hydroxylation is 2. The lowest BCUT2D eigenvalue weighted by Gasteiger charge is -2.18. The second kappa shape index (κ2) is 9.77. The minimum Gasteiger partial charge on any atom is -0.493 e. The highest BCUT2D eigenvalue weighted by Gasteiger charge is 2.30. The quantitative estimate of drug-likeness (QED) is 0.318. The first-order valence-corrected chi connectivity index (χ1v) is 13.4. The average Bonchev–Trinajstić information content (AvgIpc) is 3.52. The molecule has 1 heterocycles. The van der Waals surface area contributed by atoms with E-state index in [1.807, 2.05) is 18.2 Å². The monoisotopic (exact) mass is 498 g/mol. The molecule has 0 amide bonds. The number of benzene rings is 3. The molecule has 1 fully saturated rings. The predicted octanol–water partition coefficient (Wildman–Crippen LogP) is 6.86. The van der Waals surface area contributed by atoms with Crippen LogP contribution in [-0.4, -0.2) is 26.3 Å². The van der Waals surface area contributed by atoms with Crippen molar-refractivity contribution >= 4 is 5.97 Å². The molecule has 3 aliphatic rings. The normalized spacial score (nSPS) is 19.6. The van der Waals surface area contributed by atoms with Crippen molar-refractivity contribution in [2.45, 2.75) is 58.0 Å². The van der Waals surface area contributed by atoms with E-state index in [-0.39, 0.29) is 18.0 Å². The molecule has 1 aliphatic heterocycles. The van der Waals surface area contributed by atoms with Crippen molar-refractivity contribution in [2.24, 2.45) is 5.92 Å². The largest absolute Gasteiger partial charge is 0.493 e. The maximum absolute atomic E-state index is 11.7. The minimum absolute atomic E-state index is 0.00188. The molecule has 37 heavy (non-hydrogen) atoms. The van der Waals surface area contributed by atoms with Crippen LogP contribution in [0.3, 0.4) is 0 Å². The number of carbonyl (C=O) groups excluding carboxylic acids is 1. The van der Waals surface area contributed by atoms with Gasteiger partial charge in [0.1, 0.15) is 23.4 Å². The van der Waals surface area contributed by atoms with E-state index in [9.17, 15) is 4.79 Å². The van der Waals surface area contributed by atoms with E-state index in [0.717, 1.165) is 48.2 Å². The van der Waals surface area contributed by atoms with E-state index >= 15 is 0 Å². The van der Waals surface area contributed by atoms with Crippen LogP contribution in [0.25, 0.3) is 11.1 Å². The fourth-order valence-corrected chi connectivity index (χ4v) is 5.85. The third kappa shape index (κ3) is 4.79. The Bertz CT molecular complexity index is 1320. The molecule has 2 atom stereocenters. The summed E-state index contributed by atoms with van der Waals surface area (Å²) in [7, 11) is 1.42. The molecule has 0 N–H and O–H groups in total. The van der Waals surface area contributed by atoms with Crippen LogP contribution >= 0.6 is 0 Å². The van der Waals surface area contributed by atoms with Crippen LogP contribution in [0.2, 0.25) is 0 Å². The molecule has 0 radical (unpaired) electrons. The second-order valence-corrected chi connectivity index (χ2v) is 10.7. The van der Waals surface area contributed by atoms with E-state index in [0.29, 0.717) is 13.0 Å². The summed E-state index contributed by atoms with van der Waals surface area (Å²) < 4.78 is 23.3. The lowest BCUT2D eigenvalue weighted by molar-refractivity contribution is -0.141. The molecule has 0 bridgehead atoms. The van der Waals surface area contributed by atoms with Gasteiger partial charge in [-0.1, -0.05) is 24.3 Å². The second-order valence-electron chi connectivity index (χ2n) is 10.7. The Hall–Kier alpha value is -3.47. The molecule has 0 spiro atoms. The number of hydrogen-bond acceptors (Lipinski definition) is 5. The van der Waals surface area contributed by atoms with Gasteiger partial charge in [0.25, 0.3) is 0 Å². The third-order valence-corrected chi connectivity index (χ3v) is 7.96. The van der Waals surface area contributed by atoms with Gasteiger partial charge in [0.2, 0.25) is 0 Å². The summed E-state index contributed by atoms with van der Waals surface area (Å²) in [5.74, 6) is 3.13. The molecule has 0 aromatic heterocycles. The van der Waals surface area contributed by atoms with Crippen molar-refractivity contribution in [3.05, 3.63) is 76.3 Å². The number of methoxy groups -OCH3 is 1. The minimum atomic E-state index is -0.217. The van der Waals surface area contributed by atoms with E-state index in [1.54, 1.807) is 0 Å². The van der Waals surface area contributed by atoms with E-state index in [1.165, 1.54) is 53.3 Å². The number of rotatable bonds is 8. The molecule has 1 saturated carbocycles. The van der Waals surface area contributed by atoms with Crippen molar-refractivity contribution in [3.8, 4) is 28.4 Å². The van der Waals surface area contributed by atoms with Gasteiger partial charge < -0.3 is 18.9 Å². The molecule has 6 rings (SSSR count). The molecule has 2 aliphatic carbocycles. The topological polar surface area (TPSA) is 54.0 Å². The number of hydrogen-bond donors (Lipinski definition) is 0. The number of ether oxygens (including phenoxy) is 4. The lowest BCUT2D eigenvalue weighted by Crippen LogP contribution is -2.09. The summed E-state index contributed by atoms with van der Waals surface area (Å²) in [5.41, 5.74) is 8.79. The highest BCUT2D eigenvalue weighted by Crippen LogP contribution is 2.44. The molecular formula is C32H34O5. The average molecular weight is 499 g/mol. The molecule has 5 heteroatoms. The molecule has 3 aromatic rings. The summed E-state index contributed by atoms with van der Waals surface area (Å²) in [6.45, 7) is 5.70. The number of esters is 1. The van der Waals surface area contributed by atoms with E-state index in [2.05, 4.69) is 44.2 Å². The van der Waals surface area contributed by atoms with E-state index in [4.69, 9.17) is 18.9 Å². The van der Waals surface area contributed by atoms with Crippen molar-refractivity contribution in [3.63, 3.8) is 0 Å². The summed E-state index contributed by atoms with van der Waals surface area (Å²) >= 11 is 0. The zero-order chi connectivity index (χ0) is 25.5. The summed E-state index contributed by atoms with van der Waals surface area (Å²) in [6.07, 6.45) is 4.85. The summed E-state index contributed by atoms with van der Waals surface area (Å²) in [4.78, 5) is 11.7. The SMILES string of the molecule is COC(=O)C[C@@H]1COc2cc(O[C@@H]3CCc4c(-c5c(C)cc(OCC6CC6)cc5C)cccc43)ccc21. The molecule has 0 saturated heterocycles. The maximum Gasteiger partial charge on any atom is 0.306 e. The first-order chi connectivity index (χ1) is 18.0. The first kappa shape index (κ1) is 23.9. The Morgan fingerprint density at radius 2 is 1.78 bits per heavy atom. The van der Waals surface area contributed by atoms with Gasteiger partial charge in [-0.15, -0.1) is 0 Å². The molecule has 0 unspecified atom stereocenters. The van der Waals surface area contributed by atoms with Crippen LogP contribution < -0.4 is 14.2 Å². The highest BCUT2D eigenvalue weighted by atomic mass is 16.5. The Labute approximate surface area is 218 Å². The fourth-order valence-electron chi connectivity index (χ4n) is 5.85. The van der Waals surface area contributed by atoms with Gasteiger partial charge in [-0.25, -0.2) is 0 Å². The van der Waals surface area contributed by atoms with Crippen LogP contribution in [0, 0.1) is 19.8 Å². The Morgan fingerprint density at radius 3 is 2.54 bits per heavy atom. The molecule has 192 valence electrons. The van der Waals surface area contributed by atoms with Crippen LogP contribution in [0.1, 0.15) is 65.5 Å². The maximum atomic E-state index is 11.7. The standard InChI is InChI=1S/C32H34O5/c1-19-13-24(35-17-21-7-8-21)14-20(2)32(19)28-6-4-5-27-26(28)11-12-29(27)37-23-9-10-25-22(15-31(33)34-3)18-36-30(25)16-23/h4-6,9-10,13-14,16,21-22,29H,7-8,11-12,15,17-18H2,1-3H3/t22-,29-/m1/s1. The van der Waals surface area contributed by atoms with Gasteiger partial charge in [0, 0.05) is 17.5 Å². The van der Waals surface area contributed by atoms with Gasteiger partial charge in [0.05, 0.1) is 26.7 Å². The fraction of sp³-hybridized carbons (Fsp3) is 0.406. The highest BCUT2D eigenvalue weighted by molar-refractivity contribution is 5.76. The van der Waals surface area contributed by atoms with Crippen molar-refractivity contribution in [1.29, 1.82) is 0 Å².